The number of hydrogen-bond acceptors (Lipinski definition) is 3. The molecule has 0 unspecified atom stereocenters. The van der Waals surface area contributed by atoms with E-state index in [1.54, 1.807) is 0 Å². The maximum Gasteiger partial charge on any atom is 0.144 e. The van der Waals surface area contributed by atoms with Crippen molar-refractivity contribution in [1.82, 2.24) is 0 Å². The topological polar surface area (TPSA) is 47.3 Å². The molecule has 1 aromatic carbocycles. The molecule has 3 N–H and O–H groups in total. The predicted octanol–water partition coefficient (Wildman–Crippen LogP) is 2.10. The Morgan fingerprint density at radius 2 is 2.21 bits per heavy atom. The van der Waals surface area contributed by atoms with Crippen molar-refractivity contribution in [2.45, 2.75) is 13.8 Å². The van der Waals surface area contributed by atoms with E-state index < -0.39 is 0 Å². The fraction of sp³-hybridized carbons (Fsp3) is 0.455. The second-order valence-corrected chi connectivity index (χ2v) is 4.53. The first kappa shape index (κ1) is 9.19. The summed E-state index contributed by atoms with van der Waals surface area (Å²) in [4.78, 5) is 0. The van der Waals surface area contributed by atoms with E-state index in [-0.39, 0.29) is 5.41 Å². The Labute approximate surface area is 84.3 Å². The molecule has 14 heavy (non-hydrogen) atoms. The highest BCUT2D eigenvalue weighted by atomic mass is 16.5. The van der Waals surface area contributed by atoms with Crippen LogP contribution >= 0.6 is 0 Å². The second-order valence-electron chi connectivity index (χ2n) is 4.53. The summed E-state index contributed by atoms with van der Waals surface area (Å²) in [6, 6.07) is 5.74. The Balaban J connectivity index is 2.34. The van der Waals surface area contributed by atoms with E-state index in [1.807, 2.05) is 18.2 Å². The molecule has 3 nitrogen and oxygen atoms in total. The molecule has 0 aliphatic carbocycles. The van der Waals surface area contributed by atoms with E-state index in [4.69, 9.17) is 10.5 Å². The van der Waals surface area contributed by atoms with E-state index in [1.165, 1.54) is 0 Å². The molecule has 0 aromatic heterocycles. The third-order valence-corrected chi connectivity index (χ3v) is 2.42. The summed E-state index contributed by atoms with van der Waals surface area (Å²) in [6.07, 6.45) is 0. The molecule has 0 fully saturated rings. The van der Waals surface area contributed by atoms with Gasteiger partial charge in [0, 0.05) is 12.0 Å². The van der Waals surface area contributed by atoms with Crippen LogP contribution in [0.15, 0.2) is 18.2 Å². The Bertz CT molecular complexity index is 347. The van der Waals surface area contributed by atoms with Crippen LogP contribution in [0.2, 0.25) is 0 Å². The Morgan fingerprint density at radius 1 is 1.43 bits per heavy atom. The normalized spacial score (nSPS) is 18.7. The third kappa shape index (κ3) is 1.62. The molecule has 1 heterocycles. The zero-order valence-corrected chi connectivity index (χ0v) is 8.63. The fourth-order valence-corrected chi connectivity index (χ4v) is 1.51. The number of nitrogens with one attached hydrogen (secondary N) is 1. The smallest absolute Gasteiger partial charge is 0.144 e. The van der Waals surface area contributed by atoms with Gasteiger partial charge >= 0.3 is 0 Å². The van der Waals surface area contributed by atoms with Crippen molar-refractivity contribution in [1.29, 1.82) is 0 Å². The maximum absolute atomic E-state index is 5.86. The average molecular weight is 192 g/mol. The molecule has 3 heteroatoms. The first-order valence-corrected chi connectivity index (χ1v) is 4.84. The van der Waals surface area contributed by atoms with Gasteiger partial charge in [-0.25, -0.2) is 0 Å². The molecule has 0 spiro atoms. The van der Waals surface area contributed by atoms with E-state index in [9.17, 15) is 0 Å². The van der Waals surface area contributed by atoms with Crippen molar-refractivity contribution in [3.8, 4) is 5.75 Å². The van der Waals surface area contributed by atoms with Crippen molar-refractivity contribution >= 4 is 11.4 Å². The lowest BCUT2D eigenvalue weighted by Crippen LogP contribution is -2.27. The monoisotopic (exact) mass is 192 g/mol. The number of nitrogens with two attached hydrogens (primary N) is 1. The van der Waals surface area contributed by atoms with Gasteiger partial charge in [-0.05, 0) is 12.1 Å². The Morgan fingerprint density at radius 3 is 3.00 bits per heavy atom. The maximum atomic E-state index is 5.86. The minimum Gasteiger partial charge on any atom is -0.491 e. The van der Waals surface area contributed by atoms with Crippen LogP contribution < -0.4 is 15.8 Å². The summed E-state index contributed by atoms with van der Waals surface area (Å²) in [5, 5.41) is 3.33. The summed E-state index contributed by atoms with van der Waals surface area (Å²) >= 11 is 0. The van der Waals surface area contributed by atoms with Crippen molar-refractivity contribution < 1.29 is 4.74 Å². The number of benzene rings is 1. The lowest BCUT2D eigenvalue weighted by atomic mass is 9.95. The molecular weight excluding hydrogens is 176 g/mol. The van der Waals surface area contributed by atoms with Crippen LogP contribution in [0.4, 0.5) is 11.4 Å². The number of fused-ring (bicyclic) bond motifs is 1. The van der Waals surface area contributed by atoms with Crippen LogP contribution in [0, 0.1) is 5.41 Å². The van der Waals surface area contributed by atoms with Gasteiger partial charge in [0.1, 0.15) is 11.4 Å². The average Bonchev–Trinajstić information content (AvgIpc) is 2.27. The molecular formula is C11H16N2O. The van der Waals surface area contributed by atoms with Crippen LogP contribution in [-0.2, 0) is 0 Å². The molecule has 0 saturated carbocycles. The van der Waals surface area contributed by atoms with Gasteiger partial charge in [0.05, 0.1) is 12.3 Å². The molecule has 2 rings (SSSR count). The first-order chi connectivity index (χ1) is 6.58. The van der Waals surface area contributed by atoms with Crippen LogP contribution in [0.5, 0.6) is 5.75 Å². The van der Waals surface area contributed by atoms with E-state index in [0.29, 0.717) is 0 Å². The van der Waals surface area contributed by atoms with Gasteiger partial charge in [-0.2, -0.15) is 0 Å². The Kier molecular flexibility index (Phi) is 2.02. The molecule has 0 atom stereocenters. The zero-order valence-electron chi connectivity index (χ0n) is 8.63. The van der Waals surface area contributed by atoms with Crippen LogP contribution in [0.3, 0.4) is 0 Å². The molecule has 0 saturated heterocycles. The van der Waals surface area contributed by atoms with Gasteiger partial charge in [0.15, 0.2) is 0 Å². The van der Waals surface area contributed by atoms with Gasteiger partial charge in [0.25, 0.3) is 0 Å². The summed E-state index contributed by atoms with van der Waals surface area (Å²) in [5.41, 5.74) is 7.68. The van der Waals surface area contributed by atoms with Gasteiger partial charge in [0.2, 0.25) is 0 Å². The van der Waals surface area contributed by atoms with E-state index >= 15 is 0 Å². The van der Waals surface area contributed by atoms with E-state index in [2.05, 4.69) is 19.2 Å². The van der Waals surface area contributed by atoms with Crippen LogP contribution in [0.25, 0.3) is 0 Å². The highest BCUT2D eigenvalue weighted by Crippen LogP contribution is 2.35. The molecule has 1 aromatic rings. The minimum absolute atomic E-state index is 0.144. The number of hydrogen-bond donors (Lipinski definition) is 2. The van der Waals surface area contributed by atoms with E-state index in [0.717, 1.165) is 30.3 Å². The standard InChI is InChI=1S/C11H16N2O/c1-11(2)6-13-10-8(12)4-3-5-9(10)14-7-11/h3-5,13H,6-7,12H2,1-2H3. The number of rotatable bonds is 0. The highest BCUT2D eigenvalue weighted by Gasteiger charge is 2.24. The summed E-state index contributed by atoms with van der Waals surface area (Å²) in [6.45, 7) is 5.94. The lowest BCUT2D eigenvalue weighted by Gasteiger charge is -2.20. The van der Waals surface area contributed by atoms with Crippen molar-refractivity contribution in [3.05, 3.63) is 18.2 Å². The van der Waals surface area contributed by atoms with Gasteiger partial charge < -0.3 is 15.8 Å². The molecule has 0 bridgehead atoms. The third-order valence-electron chi connectivity index (χ3n) is 2.42. The number of anilines is 2. The van der Waals surface area contributed by atoms with Gasteiger partial charge in [-0.3, -0.25) is 0 Å². The van der Waals surface area contributed by atoms with Crippen molar-refractivity contribution in [2.75, 3.05) is 24.2 Å². The summed E-state index contributed by atoms with van der Waals surface area (Å²) in [7, 11) is 0. The Hall–Kier alpha value is -1.38. The fourth-order valence-electron chi connectivity index (χ4n) is 1.51. The lowest BCUT2D eigenvalue weighted by molar-refractivity contribution is 0.200. The zero-order chi connectivity index (χ0) is 10.2. The van der Waals surface area contributed by atoms with Gasteiger partial charge in [-0.15, -0.1) is 0 Å². The van der Waals surface area contributed by atoms with Crippen LogP contribution in [-0.4, -0.2) is 13.2 Å². The van der Waals surface area contributed by atoms with Crippen molar-refractivity contribution in [3.63, 3.8) is 0 Å². The highest BCUT2D eigenvalue weighted by molar-refractivity contribution is 5.73. The summed E-state index contributed by atoms with van der Waals surface area (Å²) < 4.78 is 5.70. The predicted molar refractivity (Wildman–Crippen MR) is 58.6 cm³/mol. The minimum atomic E-state index is 0.144. The molecule has 76 valence electrons. The number of para-hydroxylation sites is 1. The second kappa shape index (κ2) is 3.08. The molecule has 1 aliphatic rings. The van der Waals surface area contributed by atoms with Crippen LogP contribution in [0.1, 0.15) is 13.8 Å². The van der Waals surface area contributed by atoms with Gasteiger partial charge in [-0.1, -0.05) is 19.9 Å². The first-order valence-electron chi connectivity index (χ1n) is 4.84. The summed E-state index contributed by atoms with van der Waals surface area (Å²) in [5.74, 6) is 0.857. The molecule has 1 aliphatic heterocycles. The SMILES string of the molecule is CC1(C)CNc2c(N)cccc2OC1. The van der Waals surface area contributed by atoms with Crippen molar-refractivity contribution in [2.24, 2.45) is 5.41 Å². The molecule has 0 radical (unpaired) electrons. The largest absolute Gasteiger partial charge is 0.491 e. The quantitative estimate of drug-likeness (QED) is 0.619. The molecule has 0 amide bonds. The number of ether oxygens (including phenoxy) is 1. The number of nitrogen functional groups attached to an aromatic ring is 1.